The van der Waals surface area contributed by atoms with Crippen molar-refractivity contribution in [2.75, 3.05) is 30.3 Å². The summed E-state index contributed by atoms with van der Waals surface area (Å²) >= 11 is 12.0. The van der Waals surface area contributed by atoms with E-state index < -0.39 is 22.5 Å². The van der Waals surface area contributed by atoms with Gasteiger partial charge in [-0.25, -0.2) is 13.8 Å². The van der Waals surface area contributed by atoms with E-state index in [9.17, 15) is 13.2 Å². The molecule has 0 fully saturated rings. The highest BCUT2D eigenvalue weighted by atomic mass is 35.5. The highest BCUT2D eigenvalue weighted by Gasteiger charge is 2.23. The first kappa shape index (κ1) is 24.8. The summed E-state index contributed by atoms with van der Waals surface area (Å²) in [4.78, 5) is 12.3. The number of nitrogens with one attached hydrogen (secondary N) is 1. The van der Waals surface area contributed by atoms with Crippen LogP contribution in [0.15, 0.2) is 41.5 Å². The van der Waals surface area contributed by atoms with Crippen molar-refractivity contribution < 1.29 is 22.7 Å². The summed E-state index contributed by atoms with van der Waals surface area (Å²) in [6, 6.07) is 9.55. The Morgan fingerprint density at radius 1 is 1.10 bits per heavy atom. The van der Waals surface area contributed by atoms with Crippen LogP contribution in [0.3, 0.4) is 0 Å². The fourth-order valence-electron chi connectivity index (χ4n) is 2.55. The van der Waals surface area contributed by atoms with Crippen molar-refractivity contribution in [3.05, 3.63) is 52.0 Å². The van der Waals surface area contributed by atoms with E-state index in [0.29, 0.717) is 30.3 Å². The molecule has 0 bridgehead atoms. The van der Waals surface area contributed by atoms with Crippen LogP contribution < -0.4 is 19.2 Å². The van der Waals surface area contributed by atoms with Crippen molar-refractivity contribution in [2.45, 2.75) is 13.8 Å². The molecule has 0 atom stereocenters. The van der Waals surface area contributed by atoms with Gasteiger partial charge in [0.2, 0.25) is 10.0 Å². The molecule has 0 aromatic heterocycles. The van der Waals surface area contributed by atoms with Gasteiger partial charge in [0.25, 0.3) is 5.91 Å². The minimum absolute atomic E-state index is 0.101. The molecule has 1 N–H and O–H groups in total. The maximum absolute atomic E-state index is 12.3. The van der Waals surface area contributed by atoms with Crippen molar-refractivity contribution in [2.24, 2.45) is 5.10 Å². The first-order chi connectivity index (χ1) is 14.7. The minimum atomic E-state index is -3.80. The Balaban J connectivity index is 2.13. The lowest BCUT2D eigenvalue weighted by Crippen LogP contribution is -2.39. The molecule has 0 spiro atoms. The molecule has 31 heavy (non-hydrogen) atoms. The number of halogens is 2. The molecule has 0 radical (unpaired) electrons. The zero-order valence-corrected chi connectivity index (χ0v) is 19.6. The summed E-state index contributed by atoms with van der Waals surface area (Å²) in [5.41, 5.74) is 3.06. The molecule has 0 aliphatic heterocycles. The van der Waals surface area contributed by atoms with E-state index in [1.165, 1.54) is 24.4 Å². The van der Waals surface area contributed by atoms with Gasteiger partial charge in [-0.15, -0.1) is 0 Å². The fraction of sp³-hybridized carbons (Fsp3) is 0.300. The molecule has 0 heterocycles. The Kier molecular flexibility index (Phi) is 8.97. The van der Waals surface area contributed by atoms with E-state index in [-0.39, 0.29) is 15.7 Å². The summed E-state index contributed by atoms with van der Waals surface area (Å²) in [7, 11) is -3.80. The summed E-state index contributed by atoms with van der Waals surface area (Å²) in [6.45, 7) is 4.17. The Morgan fingerprint density at radius 2 is 1.77 bits per heavy atom. The van der Waals surface area contributed by atoms with Gasteiger partial charge in [-0.2, -0.15) is 5.10 Å². The van der Waals surface area contributed by atoms with Gasteiger partial charge in [0.1, 0.15) is 6.54 Å². The van der Waals surface area contributed by atoms with Gasteiger partial charge in [0.15, 0.2) is 11.5 Å². The van der Waals surface area contributed by atoms with Crippen LogP contribution >= 0.6 is 23.2 Å². The maximum atomic E-state index is 12.3. The second kappa shape index (κ2) is 11.2. The van der Waals surface area contributed by atoms with E-state index in [0.717, 1.165) is 10.6 Å². The molecule has 2 rings (SSSR count). The van der Waals surface area contributed by atoms with Gasteiger partial charge in [0, 0.05) is 5.02 Å². The second-order valence-electron chi connectivity index (χ2n) is 6.23. The third-order valence-corrected chi connectivity index (χ3v) is 5.52. The number of carbonyl (C=O) groups is 1. The topological polar surface area (TPSA) is 97.3 Å². The molecule has 0 saturated heterocycles. The number of rotatable bonds is 10. The van der Waals surface area contributed by atoms with Gasteiger partial charge in [-0.05, 0) is 55.8 Å². The summed E-state index contributed by atoms with van der Waals surface area (Å²) < 4.78 is 36.3. The van der Waals surface area contributed by atoms with Gasteiger partial charge in [-0.3, -0.25) is 9.10 Å². The number of ether oxygens (including phenoxy) is 2. The van der Waals surface area contributed by atoms with E-state index in [4.69, 9.17) is 32.7 Å². The molecular formula is C20H23Cl2N3O5S. The summed E-state index contributed by atoms with van der Waals surface area (Å²) in [5.74, 6) is 0.500. The Bertz CT molecular complexity index is 1060. The lowest BCUT2D eigenvalue weighted by Gasteiger charge is -2.22. The normalized spacial score (nSPS) is 11.4. The number of benzene rings is 2. The van der Waals surface area contributed by atoms with Crippen LogP contribution in [0.25, 0.3) is 0 Å². The van der Waals surface area contributed by atoms with E-state index in [1.54, 1.807) is 18.2 Å². The Morgan fingerprint density at radius 3 is 2.42 bits per heavy atom. The van der Waals surface area contributed by atoms with Crippen LogP contribution in [0.4, 0.5) is 5.69 Å². The van der Waals surface area contributed by atoms with Gasteiger partial charge in [0.05, 0.1) is 36.4 Å². The second-order valence-corrected chi connectivity index (χ2v) is 8.98. The maximum Gasteiger partial charge on any atom is 0.260 e. The lowest BCUT2D eigenvalue weighted by atomic mass is 10.2. The molecule has 0 aliphatic carbocycles. The average Bonchev–Trinajstić information content (AvgIpc) is 2.69. The van der Waals surface area contributed by atoms with Crippen molar-refractivity contribution in [1.82, 2.24) is 5.43 Å². The number of amides is 1. The highest BCUT2D eigenvalue weighted by Crippen LogP contribution is 2.30. The van der Waals surface area contributed by atoms with E-state index in [2.05, 4.69) is 10.5 Å². The van der Waals surface area contributed by atoms with E-state index >= 15 is 0 Å². The molecule has 2 aromatic rings. The molecule has 0 unspecified atom stereocenters. The Labute approximate surface area is 191 Å². The lowest BCUT2D eigenvalue weighted by molar-refractivity contribution is -0.119. The molecule has 0 aliphatic rings. The Hall–Kier alpha value is -2.49. The molecule has 2 aromatic carbocycles. The van der Waals surface area contributed by atoms with Crippen LogP contribution in [-0.2, 0) is 14.8 Å². The third-order valence-electron chi connectivity index (χ3n) is 3.83. The molecule has 168 valence electrons. The quantitative estimate of drug-likeness (QED) is 0.406. The highest BCUT2D eigenvalue weighted by molar-refractivity contribution is 7.92. The van der Waals surface area contributed by atoms with E-state index in [1.807, 2.05) is 13.8 Å². The third kappa shape index (κ3) is 7.30. The largest absolute Gasteiger partial charge is 0.490 e. The van der Waals surface area contributed by atoms with Gasteiger partial charge in [-0.1, -0.05) is 23.2 Å². The number of anilines is 1. The van der Waals surface area contributed by atoms with Crippen LogP contribution in [0.1, 0.15) is 19.4 Å². The van der Waals surface area contributed by atoms with Crippen molar-refractivity contribution in [3.63, 3.8) is 0 Å². The monoisotopic (exact) mass is 487 g/mol. The SMILES string of the molecule is CCOc1ccc(/C=N\NC(=O)CN(c2cc(Cl)ccc2Cl)S(C)(=O)=O)cc1OCC. The van der Waals surface area contributed by atoms with Crippen molar-refractivity contribution in [1.29, 1.82) is 0 Å². The number of carbonyl (C=O) groups excluding carboxylic acids is 1. The predicted molar refractivity (Wildman–Crippen MR) is 123 cm³/mol. The number of hydrazone groups is 1. The van der Waals surface area contributed by atoms with Crippen molar-refractivity contribution >= 4 is 51.0 Å². The minimum Gasteiger partial charge on any atom is -0.490 e. The molecule has 1 amide bonds. The first-order valence-electron chi connectivity index (χ1n) is 9.30. The number of hydrogen-bond donors (Lipinski definition) is 1. The zero-order valence-electron chi connectivity index (χ0n) is 17.3. The average molecular weight is 488 g/mol. The van der Waals surface area contributed by atoms with Gasteiger partial charge >= 0.3 is 0 Å². The molecule has 0 saturated carbocycles. The van der Waals surface area contributed by atoms with Crippen LogP contribution in [0.2, 0.25) is 10.0 Å². The first-order valence-corrected chi connectivity index (χ1v) is 11.9. The number of sulfonamides is 1. The van der Waals surface area contributed by atoms with Crippen molar-refractivity contribution in [3.8, 4) is 11.5 Å². The number of nitrogens with zero attached hydrogens (tertiary/aromatic N) is 2. The van der Waals surface area contributed by atoms with Crippen LogP contribution in [0, 0.1) is 0 Å². The molecule has 11 heteroatoms. The zero-order chi connectivity index (χ0) is 23.0. The standard InChI is InChI=1S/C20H23Cl2N3O5S/c1-4-29-18-9-6-14(10-19(18)30-5-2)12-23-24-20(26)13-25(31(3,27)28)17-11-15(21)7-8-16(17)22/h6-12H,4-5,13H2,1-3H3,(H,24,26)/b23-12-. The fourth-order valence-corrected chi connectivity index (χ4v) is 3.85. The number of hydrogen-bond acceptors (Lipinski definition) is 6. The van der Waals surface area contributed by atoms with Gasteiger partial charge < -0.3 is 9.47 Å². The van der Waals surface area contributed by atoms with Crippen LogP contribution in [0.5, 0.6) is 11.5 Å². The summed E-state index contributed by atoms with van der Waals surface area (Å²) in [6.07, 6.45) is 2.38. The smallest absolute Gasteiger partial charge is 0.260 e. The molecule has 8 nitrogen and oxygen atoms in total. The summed E-state index contributed by atoms with van der Waals surface area (Å²) in [5, 5.41) is 4.31. The molecular weight excluding hydrogens is 465 g/mol. The predicted octanol–water partition coefficient (Wildman–Crippen LogP) is 3.71. The van der Waals surface area contributed by atoms with Crippen LogP contribution in [-0.4, -0.2) is 46.6 Å².